The van der Waals surface area contributed by atoms with Gasteiger partial charge in [-0.3, -0.25) is 0 Å². The lowest BCUT2D eigenvalue weighted by Crippen LogP contribution is -2.14. The molecule has 0 amide bonds. The van der Waals surface area contributed by atoms with Crippen LogP contribution >= 0.6 is 0 Å². The zero-order valence-corrected chi connectivity index (χ0v) is 11.9. The summed E-state index contributed by atoms with van der Waals surface area (Å²) in [6.45, 7) is 7.86. The van der Waals surface area contributed by atoms with E-state index < -0.39 is 0 Å². The molecule has 2 atom stereocenters. The van der Waals surface area contributed by atoms with E-state index in [1.807, 2.05) is 13.0 Å². The number of hydrogen-bond acceptors (Lipinski definition) is 2. The Hall–Kier alpha value is -1.70. The molecule has 102 valence electrons. The summed E-state index contributed by atoms with van der Waals surface area (Å²) >= 11 is 0. The summed E-state index contributed by atoms with van der Waals surface area (Å²) in [4.78, 5) is 0. The molecule has 0 bridgehead atoms. The Morgan fingerprint density at radius 2 is 1.95 bits per heavy atom. The molecule has 1 aromatic carbocycles. The molecule has 1 rings (SSSR count). The topological polar surface area (TPSA) is 47.7 Å². The Kier molecular flexibility index (Phi) is 6.20. The van der Waals surface area contributed by atoms with Crippen molar-refractivity contribution in [2.75, 3.05) is 0 Å². The van der Waals surface area contributed by atoms with Gasteiger partial charge in [0.15, 0.2) is 0 Å². The summed E-state index contributed by atoms with van der Waals surface area (Å²) in [5, 5.41) is 14.9. The van der Waals surface area contributed by atoms with Gasteiger partial charge < -0.3 is 10.8 Å². The fourth-order valence-electron chi connectivity index (χ4n) is 2.43. The van der Waals surface area contributed by atoms with Gasteiger partial charge in [0, 0.05) is 5.71 Å². The van der Waals surface area contributed by atoms with E-state index in [1.165, 1.54) is 11.8 Å². The van der Waals surface area contributed by atoms with Crippen molar-refractivity contribution in [3.8, 4) is 0 Å². The van der Waals surface area contributed by atoms with E-state index in [4.69, 9.17) is 10.8 Å². The second kappa shape index (κ2) is 7.67. The highest BCUT2D eigenvalue weighted by Crippen LogP contribution is 2.30. The summed E-state index contributed by atoms with van der Waals surface area (Å²) in [5.41, 5.74) is 3.17. The second-order valence-electron chi connectivity index (χ2n) is 5.19. The highest BCUT2D eigenvalue weighted by molar-refractivity contribution is 5.78. The molecule has 1 aromatic rings. The van der Waals surface area contributed by atoms with Crippen LogP contribution in [0.2, 0.25) is 0 Å². The summed E-state index contributed by atoms with van der Waals surface area (Å²) < 4.78 is 0. The lowest BCUT2D eigenvalue weighted by Gasteiger charge is -2.24. The first-order valence-corrected chi connectivity index (χ1v) is 6.83. The van der Waals surface area contributed by atoms with Gasteiger partial charge in [0.1, 0.15) is 0 Å². The monoisotopic (exact) mass is 256 g/mol. The van der Waals surface area contributed by atoms with E-state index in [1.54, 1.807) is 0 Å². The quantitative estimate of drug-likeness (QED) is 0.621. The summed E-state index contributed by atoms with van der Waals surface area (Å²) in [5.74, 6) is 0.854. The Balaban J connectivity index is 2.82. The molecule has 0 aliphatic rings. The standard InChI is InChI=1S/C17H24N2/c1-4-15-7-9-16(10-8-15)14(3)17(6-5-11-18)12-13(2)19/h4,7-11,14,17-19H,1,5-6,12H2,2-3H3. The molecule has 0 saturated heterocycles. The molecule has 0 fully saturated rings. The van der Waals surface area contributed by atoms with Gasteiger partial charge in [0.25, 0.3) is 0 Å². The Labute approximate surface area is 116 Å². The molecule has 0 aliphatic heterocycles. The zero-order chi connectivity index (χ0) is 14.3. The number of benzene rings is 1. The third kappa shape index (κ3) is 4.82. The first-order valence-electron chi connectivity index (χ1n) is 6.83. The van der Waals surface area contributed by atoms with Crippen LogP contribution in [0.1, 0.15) is 50.2 Å². The molecule has 0 aromatic heterocycles. The van der Waals surface area contributed by atoms with Crippen molar-refractivity contribution >= 4 is 18.0 Å². The maximum atomic E-state index is 7.71. The van der Waals surface area contributed by atoms with E-state index in [0.717, 1.165) is 30.5 Å². The highest BCUT2D eigenvalue weighted by Gasteiger charge is 2.19. The van der Waals surface area contributed by atoms with E-state index in [2.05, 4.69) is 37.8 Å². The minimum absolute atomic E-state index is 0.416. The molecule has 2 heteroatoms. The van der Waals surface area contributed by atoms with Crippen LogP contribution in [-0.2, 0) is 0 Å². The van der Waals surface area contributed by atoms with Crippen molar-refractivity contribution in [2.45, 2.75) is 39.0 Å². The summed E-state index contributed by atoms with van der Waals surface area (Å²) in [6.07, 6.45) is 5.91. The molecular weight excluding hydrogens is 232 g/mol. The number of nitrogens with one attached hydrogen (secondary N) is 2. The van der Waals surface area contributed by atoms with Crippen molar-refractivity contribution in [3.63, 3.8) is 0 Å². The third-order valence-electron chi connectivity index (χ3n) is 3.66. The van der Waals surface area contributed by atoms with Crippen LogP contribution < -0.4 is 0 Å². The average molecular weight is 256 g/mol. The van der Waals surface area contributed by atoms with Gasteiger partial charge in [-0.2, -0.15) is 0 Å². The molecule has 19 heavy (non-hydrogen) atoms. The maximum Gasteiger partial charge on any atom is 0.00612 e. The van der Waals surface area contributed by atoms with E-state index in [-0.39, 0.29) is 0 Å². The van der Waals surface area contributed by atoms with E-state index >= 15 is 0 Å². The largest absolute Gasteiger partial charge is 0.313 e. The number of rotatable bonds is 8. The molecule has 0 spiro atoms. The van der Waals surface area contributed by atoms with Crippen LogP contribution in [0.15, 0.2) is 30.8 Å². The zero-order valence-electron chi connectivity index (χ0n) is 11.9. The Morgan fingerprint density at radius 1 is 1.32 bits per heavy atom. The van der Waals surface area contributed by atoms with Gasteiger partial charge >= 0.3 is 0 Å². The van der Waals surface area contributed by atoms with Gasteiger partial charge in [0.2, 0.25) is 0 Å². The van der Waals surface area contributed by atoms with Gasteiger partial charge in [-0.05, 0) is 55.4 Å². The summed E-state index contributed by atoms with van der Waals surface area (Å²) in [6, 6.07) is 8.48. The predicted molar refractivity (Wildman–Crippen MR) is 84.5 cm³/mol. The van der Waals surface area contributed by atoms with Crippen molar-refractivity contribution in [2.24, 2.45) is 5.92 Å². The maximum absolute atomic E-state index is 7.71. The van der Waals surface area contributed by atoms with Crippen LogP contribution in [0.3, 0.4) is 0 Å². The molecule has 2 N–H and O–H groups in total. The lowest BCUT2D eigenvalue weighted by atomic mass is 9.81. The van der Waals surface area contributed by atoms with Crippen molar-refractivity contribution in [1.29, 1.82) is 10.8 Å². The highest BCUT2D eigenvalue weighted by atomic mass is 14.4. The average Bonchev–Trinajstić information content (AvgIpc) is 2.42. The van der Waals surface area contributed by atoms with Gasteiger partial charge in [-0.15, -0.1) is 0 Å². The van der Waals surface area contributed by atoms with Crippen molar-refractivity contribution in [1.82, 2.24) is 0 Å². The fourth-order valence-corrected chi connectivity index (χ4v) is 2.43. The van der Waals surface area contributed by atoms with E-state index in [9.17, 15) is 0 Å². The Bertz CT molecular complexity index is 431. The Morgan fingerprint density at radius 3 is 2.42 bits per heavy atom. The van der Waals surface area contributed by atoms with Crippen molar-refractivity contribution < 1.29 is 0 Å². The summed E-state index contributed by atoms with van der Waals surface area (Å²) in [7, 11) is 0. The van der Waals surface area contributed by atoms with Crippen LogP contribution in [0, 0.1) is 16.7 Å². The van der Waals surface area contributed by atoms with Crippen LogP contribution in [0.5, 0.6) is 0 Å². The van der Waals surface area contributed by atoms with Crippen LogP contribution in [-0.4, -0.2) is 11.9 Å². The van der Waals surface area contributed by atoms with Gasteiger partial charge in [0.05, 0.1) is 0 Å². The predicted octanol–water partition coefficient (Wildman–Crippen LogP) is 4.91. The molecule has 2 unspecified atom stereocenters. The fraction of sp³-hybridized carbons (Fsp3) is 0.412. The molecular formula is C17H24N2. The SMILES string of the molecule is C=Cc1ccc(C(C)C(CCC=N)CC(C)=N)cc1. The first-order chi connectivity index (χ1) is 9.08. The molecule has 2 nitrogen and oxygen atoms in total. The molecule has 0 saturated carbocycles. The van der Waals surface area contributed by atoms with E-state index in [0.29, 0.717) is 11.8 Å². The lowest BCUT2D eigenvalue weighted by molar-refractivity contribution is 0.436. The molecule has 0 radical (unpaired) electrons. The number of hydrogen-bond donors (Lipinski definition) is 2. The first kappa shape index (κ1) is 15.4. The second-order valence-corrected chi connectivity index (χ2v) is 5.19. The molecule has 0 aliphatic carbocycles. The normalized spacial score (nSPS) is 13.6. The van der Waals surface area contributed by atoms with Crippen LogP contribution in [0.25, 0.3) is 6.08 Å². The minimum atomic E-state index is 0.416. The van der Waals surface area contributed by atoms with Gasteiger partial charge in [-0.25, -0.2) is 0 Å². The van der Waals surface area contributed by atoms with Crippen molar-refractivity contribution in [3.05, 3.63) is 42.0 Å². The van der Waals surface area contributed by atoms with Crippen LogP contribution in [0.4, 0.5) is 0 Å². The molecule has 0 heterocycles. The minimum Gasteiger partial charge on any atom is -0.313 e. The smallest absolute Gasteiger partial charge is 0.00612 e. The third-order valence-corrected chi connectivity index (χ3v) is 3.66. The van der Waals surface area contributed by atoms with Gasteiger partial charge in [-0.1, -0.05) is 43.8 Å².